The first-order valence-electron chi connectivity index (χ1n) is 15.5. The van der Waals surface area contributed by atoms with E-state index >= 15 is 0 Å². The first-order chi connectivity index (χ1) is 22.1. The predicted octanol–water partition coefficient (Wildman–Crippen LogP) is 3.40. The Balaban J connectivity index is 0.950. The van der Waals surface area contributed by atoms with Crippen LogP contribution in [0.4, 0.5) is 17.3 Å². The van der Waals surface area contributed by atoms with Crippen molar-refractivity contribution in [2.24, 2.45) is 4.99 Å². The van der Waals surface area contributed by atoms with Crippen LogP contribution in [0.15, 0.2) is 66.1 Å². The molecule has 0 unspecified atom stereocenters. The fourth-order valence-corrected chi connectivity index (χ4v) is 6.06. The van der Waals surface area contributed by atoms with Gasteiger partial charge >= 0.3 is 0 Å². The lowest BCUT2D eigenvalue weighted by atomic mass is 10.1. The number of aromatic nitrogens is 3. The molecule has 1 N–H and O–H groups in total. The second kappa shape index (κ2) is 13.0. The molecule has 1 aromatic heterocycles. The lowest BCUT2D eigenvalue weighted by molar-refractivity contribution is -0.125. The van der Waals surface area contributed by atoms with Gasteiger partial charge in [0, 0.05) is 81.7 Å². The normalized spacial score (nSPS) is 19.1. The zero-order valence-corrected chi connectivity index (χ0v) is 25.0. The Kier molecular flexibility index (Phi) is 8.35. The van der Waals surface area contributed by atoms with Gasteiger partial charge in [0.1, 0.15) is 30.0 Å². The van der Waals surface area contributed by atoms with E-state index in [1.165, 1.54) is 12.0 Å². The molecule has 0 radical (unpaired) electrons. The molecule has 3 saturated heterocycles. The molecule has 0 atom stereocenters. The second-order valence-electron chi connectivity index (χ2n) is 11.6. The molecule has 3 fully saturated rings. The number of benzene rings is 2. The van der Waals surface area contributed by atoms with E-state index in [0.29, 0.717) is 72.8 Å². The van der Waals surface area contributed by atoms with Crippen LogP contribution in [0.25, 0.3) is 11.4 Å². The number of nitrogens with zero attached hydrogens (tertiary/aromatic N) is 8. The van der Waals surface area contributed by atoms with E-state index in [9.17, 15) is 10.1 Å². The Morgan fingerprint density at radius 2 is 1.80 bits per heavy atom. The smallest absolute Gasteiger partial charge is 0.268 e. The minimum absolute atomic E-state index is 0.00628. The second-order valence-corrected chi connectivity index (χ2v) is 11.6. The van der Waals surface area contributed by atoms with Gasteiger partial charge in [-0.2, -0.15) is 10.2 Å². The molecule has 45 heavy (non-hydrogen) atoms. The van der Waals surface area contributed by atoms with Gasteiger partial charge in [-0.25, -0.2) is 9.97 Å². The van der Waals surface area contributed by atoms with Gasteiger partial charge in [0.25, 0.3) is 5.91 Å². The van der Waals surface area contributed by atoms with Crippen molar-refractivity contribution in [1.29, 1.82) is 5.26 Å². The molecule has 0 spiro atoms. The van der Waals surface area contributed by atoms with Crippen molar-refractivity contribution in [1.82, 2.24) is 24.8 Å². The third kappa shape index (κ3) is 6.50. The molecule has 12 nitrogen and oxygen atoms in total. The Morgan fingerprint density at radius 1 is 1.00 bits per heavy atom. The van der Waals surface area contributed by atoms with Gasteiger partial charge in [-0.3, -0.25) is 14.7 Å². The molecular formula is C33H35N9O3. The molecule has 2 aromatic carbocycles. The van der Waals surface area contributed by atoms with E-state index in [4.69, 9.17) is 9.47 Å². The summed E-state index contributed by atoms with van der Waals surface area (Å²) < 4.78 is 11.6. The number of ether oxygens (including phenoxy) is 2. The van der Waals surface area contributed by atoms with Crippen LogP contribution in [-0.4, -0.2) is 101 Å². The maximum atomic E-state index is 12.6. The fourth-order valence-electron chi connectivity index (χ4n) is 6.06. The summed E-state index contributed by atoms with van der Waals surface area (Å²) in [5.41, 5.74) is 3.77. The molecule has 4 aliphatic heterocycles. The maximum Gasteiger partial charge on any atom is 0.268 e. The average Bonchev–Trinajstić information content (AvgIpc) is 3.61. The van der Waals surface area contributed by atoms with Crippen molar-refractivity contribution in [3.8, 4) is 23.2 Å². The molecule has 7 rings (SSSR count). The van der Waals surface area contributed by atoms with Crippen molar-refractivity contribution < 1.29 is 14.3 Å². The molecule has 5 heterocycles. The molecule has 0 saturated carbocycles. The van der Waals surface area contributed by atoms with Crippen molar-refractivity contribution in [2.45, 2.75) is 31.4 Å². The predicted molar refractivity (Wildman–Crippen MR) is 170 cm³/mol. The highest BCUT2D eigenvalue weighted by Crippen LogP contribution is 2.28. The molecule has 4 aliphatic rings. The van der Waals surface area contributed by atoms with Crippen LogP contribution >= 0.6 is 0 Å². The number of piperazine rings is 1. The zero-order valence-electron chi connectivity index (χ0n) is 25.0. The SMILES string of the molecule is N#Cc1cc(-c2ncnc(Nc3ccc(N4CCN(C5COC5)CC4)cc3)n2)ccc1OC1CCN(C(=O)C2=NC=CC2)CC1. The Labute approximate surface area is 262 Å². The number of allylic oxidation sites excluding steroid dienone is 1. The van der Waals surface area contributed by atoms with Gasteiger partial charge in [-0.15, -0.1) is 0 Å². The number of rotatable bonds is 8. The summed E-state index contributed by atoms with van der Waals surface area (Å²) in [4.78, 5) is 36.8. The number of likely N-dealkylation sites (tertiary alicyclic amines) is 1. The number of aliphatic imine (C=N–C) groups is 1. The first kappa shape index (κ1) is 28.9. The highest BCUT2D eigenvalue weighted by Gasteiger charge is 2.29. The Bertz CT molecular complexity index is 1630. The molecule has 230 valence electrons. The first-order valence-corrected chi connectivity index (χ1v) is 15.5. The van der Waals surface area contributed by atoms with Crippen LogP contribution < -0.4 is 15.0 Å². The number of carbonyl (C=O) groups excluding carboxylic acids is 1. The van der Waals surface area contributed by atoms with E-state index in [1.54, 1.807) is 18.3 Å². The van der Waals surface area contributed by atoms with Gasteiger partial charge in [0.2, 0.25) is 5.95 Å². The number of anilines is 3. The maximum absolute atomic E-state index is 12.6. The number of nitrogens with one attached hydrogen (secondary N) is 1. The van der Waals surface area contributed by atoms with E-state index in [-0.39, 0.29) is 12.0 Å². The van der Waals surface area contributed by atoms with Crippen molar-refractivity contribution in [3.63, 3.8) is 0 Å². The van der Waals surface area contributed by atoms with Gasteiger partial charge in [0.05, 0.1) is 24.8 Å². The number of nitriles is 1. The van der Waals surface area contributed by atoms with Gasteiger partial charge < -0.3 is 24.6 Å². The zero-order chi connectivity index (χ0) is 30.6. The van der Waals surface area contributed by atoms with Crippen LogP contribution in [0.1, 0.15) is 24.8 Å². The minimum atomic E-state index is -0.0814. The molecule has 12 heteroatoms. The lowest BCUT2D eigenvalue weighted by Crippen LogP contribution is -2.56. The Morgan fingerprint density at radius 3 is 2.49 bits per heavy atom. The minimum Gasteiger partial charge on any atom is -0.489 e. The van der Waals surface area contributed by atoms with E-state index < -0.39 is 0 Å². The standard InChI is InChI=1S/C33H35N9O3/c34-19-24-18-23(3-8-30(24)45-28-9-12-42(13-10-28)32(43)29-2-1-11-35-29)31-36-22-37-33(39-31)38-25-4-6-26(7-5-25)40-14-16-41(17-15-40)27-20-44-21-27/h1,3-8,11,18,22,27-28H,2,9-10,12-17,20-21H2,(H,36,37,38,39). The fraction of sp³-hybridized carbons (Fsp3) is 0.394. The van der Waals surface area contributed by atoms with E-state index in [1.807, 2.05) is 29.2 Å². The quantitative estimate of drug-likeness (QED) is 0.408. The van der Waals surface area contributed by atoms with Gasteiger partial charge in [0.15, 0.2) is 5.82 Å². The largest absolute Gasteiger partial charge is 0.489 e. The van der Waals surface area contributed by atoms with Crippen molar-refractivity contribution in [2.75, 3.05) is 62.7 Å². The summed E-state index contributed by atoms with van der Waals surface area (Å²) in [5.74, 6) is 1.39. The van der Waals surface area contributed by atoms with Gasteiger partial charge in [-0.05, 0) is 42.5 Å². The van der Waals surface area contributed by atoms with Crippen LogP contribution in [0.5, 0.6) is 5.75 Å². The highest BCUT2D eigenvalue weighted by atomic mass is 16.5. The van der Waals surface area contributed by atoms with Crippen LogP contribution in [0, 0.1) is 11.3 Å². The summed E-state index contributed by atoms with van der Waals surface area (Å²) >= 11 is 0. The van der Waals surface area contributed by atoms with E-state index in [2.05, 4.69) is 53.3 Å². The van der Waals surface area contributed by atoms with Crippen LogP contribution in [0.3, 0.4) is 0 Å². The third-order valence-electron chi connectivity index (χ3n) is 8.79. The summed E-state index contributed by atoms with van der Waals surface area (Å²) in [5, 5.41) is 13.2. The highest BCUT2D eigenvalue weighted by molar-refractivity contribution is 6.39. The summed E-state index contributed by atoms with van der Waals surface area (Å²) in [6, 6.07) is 16.5. The average molecular weight is 606 g/mol. The summed E-state index contributed by atoms with van der Waals surface area (Å²) in [7, 11) is 0. The number of hydrogen-bond donors (Lipinski definition) is 1. The number of amides is 1. The summed E-state index contributed by atoms with van der Waals surface area (Å²) in [6.45, 7) is 7.03. The monoisotopic (exact) mass is 605 g/mol. The molecule has 0 aliphatic carbocycles. The van der Waals surface area contributed by atoms with Crippen LogP contribution in [0.2, 0.25) is 0 Å². The number of hydrogen-bond acceptors (Lipinski definition) is 11. The lowest BCUT2D eigenvalue weighted by Gasteiger charge is -2.43. The number of piperidine rings is 1. The van der Waals surface area contributed by atoms with Crippen molar-refractivity contribution >= 4 is 28.9 Å². The third-order valence-corrected chi connectivity index (χ3v) is 8.79. The Hall–Kier alpha value is -4.86. The molecule has 3 aromatic rings. The molecule has 1 amide bonds. The number of carbonyl (C=O) groups is 1. The molecule has 0 bridgehead atoms. The topological polar surface area (TPSA) is 132 Å². The van der Waals surface area contributed by atoms with Gasteiger partial charge in [-0.1, -0.05) is 6.08 Å². The van der Waals surface area contributed by atoms with Crippen LogP contribution in [-0.2, 0) is 9.53 Å². The van der Waals surface area contributed by atoms with Crippen molar-refractivity contribution in [3.05, 3.63) is 66.6 Å². The summed E-state index contributed by atoms with van der Waals surface area (Å²) in [6.07, 6.45) is 6.92. The molecular weight excluding hydrogens is 570 g/mol. The van der Waals surface area contributed by atoms with E-state index in [0.717, 1.165) is 45.1 Å².